The molecule has 0 amide bonds. The molecule has 1 atom stereocenters. The molecule has 0 aliphatic rings. The third-order valence-electron chi connectivity index (χ3n) is 3.11. The molecule has 1 aromatic heterocycles. The zero-order valence-electron chi connectivity index (χ0n) is 10.2. The first-order valence-corrected chi connectivity index (χ1v) is 7.12. The van der Waals surface area contributed by atoms with Gasteiger partial charge in [0.15, 0.2) is 5.58 Å². The number of para-hydroxylation sites is 1. The monoisotopic (exact) mass is 353 g/mol. The van der Waals surface area contributed by atoms with Gasteiger partial charge in [-0.2, -0.15) is 0 Å². The number of halogens is 3. The van der Waals surface area contributed by atoms with E-state index >= 15 is 0 Å². The Morgan fingerprint density at radius 3 is 2.75 bits per heavy atom. The van der Waals surface area contributed by atoms with Gasteiger partial charge >= 0.3 is 0 Å². The van der Waals surface area contributed by atoms with Crippen molar-refractivity contribution in [2.24, 2.45) is 5.73 Å². The summed E-state index contributed by atoms with van der Waals surface area (Å²) in [5.41, 5.74) is 7.04. The molecule has 5 heteroatoms. The highest BCUT2D eigenvalue weighted by Gasteiger charge is 2.18. The van der Waals surface area contributed by atoms with Gasteiger partial charge in [-0.25, -0.2) is 4.39 Å². The van der Waals surface area contributed by atoms with Crippen molar-refractivity contribution in [2.75, 3.05) is 0 Å². The van der Waals surface area contributed by atoms with Crippen LogP contribution in [-0.4, -0.2) is 0 Å². The van der Waals surface area contributed by atoms with E-state index in [1.165, 1.54) is 6.07 Å². The fourth-order valence-electron chi connectivity index (χ4n) is 2.11. The predicted octanol–water partition coefficient (Wildman–Crippen LogP) is 5.04. The van der Waals surface area contributed by atoms with E-state index in [0.717, 1.165) is 9.86 Å². The Bertz CT molecular complexity index is 787. The standard InChI is InChI=1S/C15H10BrClFNO/c16-9-4-5-12(18)10(7-9)14(19)13-6-8-2-1-3-11(17)15(8)20-13/h1-7,14H,19H2. The van der Waals surface area contributed by atoms with Crippen LogP contribution in [0.4, 0.5) is 4.39 Å². The van der Waals surface area contributed by atoms with Crippen LogP contribution in [0.15, 0.2) is 51.4 Å². The van der Waals surface area contributed by atoms with Crippen LogP contribution in [-0.2, 0) is 0 Å². The van der Waals surface area contributed by atoms with Crippen molar-refractivity contribution < 1.29 is 8.81 Å². The van der Waals surface area contributed by atoms with E-state index in [1.807, 2.05) is 12.1 Å². The number of hydrogen-bond donors (Lipinski definition) is 1. The van der Waals surface area contributed by atoms with E-state index in [2.05, 4.69) is 15.9 Å². The van der Waals surface area contributed by atoms with Gasteiger partial charge in [0, 0.05) is 15.4 Å². The number of hydrogen-bond acceptors (Lipinski definition) is 2. The zero-order chi connectivity index (χ0) is 14.3. The van der Waals surface area contributed by atoms with Crippen LogP contribution in [0.3, 0.4) is 0 Å². The molecule has 2 nitrogen and oxygen atoms in total. The summed E-state index contributed by atoms with van der Waals surface area (Å²) in [5.74, 6) is 0.109. The first kappa shape index (κ1) is 13.6. The Kier molecular flexibility index (Phi) is 3.54. The van der Waals surface area contributed by atoms with Crippen LogP contribution in [0, 0.1) is 5.82 Å². The van der Waals surface area contributed by atoms with E-state index in [1.54, 1.807) is 24.3 Å². The second-order valence-corrected chi connectivity index (χ2v) is 5.77. The molecule has 0 saturated carbocycles. The van der Waals surface area contributed by atoms with Gasteiger partial charge in [-0.15, -0.1) is 0 Å². The lowest BCUT2D eigenvalue weighted by Gasteiger charge is -2.10. The summed E-state index contributed by atoms with van der Waals surface area (Å²) in [5, 5.41) is 1.36. The summed E-state index contributed by atoms with van der Waals surface area (Å²) in [6.07, 6.45) is 0. The molecule has 0 spiro atoms. The number of nitrogens with two attached hydrogens (primary N) is 1. The molecule has 0 bridgehead atoms. The van der Waals surface area contributed by atoms with Gasteiger partial charge in [-0.05, 0) is 30.3 Å². The Morgan fingerprint density at radius 2 is 2.00 bits per heavy atom. The van der Waals surface area contributed by atoms with Crippen molar-refractivity contribution in [1.82, 2.24) is 0 Å². The summed E-state index contributed by atoms with van der Waals surface area (Å²) in [4.78, 5) is 0. The van der Waals surface area contributed by atoms with E-state index < -0.39 is 6.04 Å². The maximum Gasteiger partial charge on any atom is 0.152 e. The summed E-state index contributed by atoms with van der Waals surface area (Å²) >= 11 is 9.37. The second kappa shape index (κ2) is 5.20. The quantitative estimate of drug-likeness (QED) is 0.700. The smallest absolute Gasteiger partial charge is 0.152 e. The Morgan fingerprint density at radius 1 is 1.20 bits per heavy atom. The Labute approximate surface area is 128 Å². The minimum atomic E-state index is -0.684. The van der Waals surface area contributed by atoms with Crippen molar-refractivity contribution in [1.29, 1.82) is 0 Å². The lowest BCUT2D eigenvalue weighted by atomic mass is 10.0. The van der Waals surface area contributed by atoms with Crippen molar-refractivity contribution in [3.05, 3.63) is 69.1 Å². The van der Waals surface area contributed by atoms with E-state index in [-0.39, 0.29) is 5.82 Å². The number of rotatable bonds is 2. The van der Waals surface area contributed by atoms with Crippen molar-refractivity contribution in [2.45, 2.75) is 6.04 Å². The number of furan rings is 1. The lowest BCUT2D eigenvalue weighted by Crippen LogP contribution is -2.12. The first-order valence-electron chi connectivity index (χ1n) is 5.95. The maximum atomic E-state index is 13.9. The van der Waals surface area contributed by atoms with Gasteiger partial charge in [-0.1, -0.05) is 39.7 Å². The van der Waals surface area contributed by atoms with Crippen LogP contribution in [0.25, 0.3) is 11.0 Å². The first-order chi connectivity index (χ1) is 9.56. The molecule has 3 rings (SSSR count). The van der Waals surface area contributed by atoms with Crippen molar-refractivity contribution in [3.63, 3.8) is 0 Å². The van der Waals surface area contributed by atoms with Gasteiger partial charge in [0.1, 0.15) is 11.6 Å². The average molecular weight is 355 g/mol. The fraction of sp³-hybridized carbons (Fsp3) is 0.0667. The number of fused-ring (bicyclic) bond motifs is 1. The summed E-state index contributed by atoms with van der Waals surface area (Å²) in [6.45, 7) is 0. The molecule has 0 radical (unpaired) electrons. The van der Waals surface area contributed by atoms with Crippen LogP contribution in [0.1, 0.15) is 17.4 Å². The Balaban J connectivity index is 2.10. The lowest BCUT2D eigenvalue weighted by molar-refractivity contribution is 0.510. The molecule has 20 heavy (non-hydrogen) atoms. The van der Waals surface area contributed by atoms with Crippen molar-refractivity contribution >= 4 is 38.5 Å². The van der Waals surface area contributed by atoms with E-state index in [4.69, 9.17) is 21.8 Å². The molecule has 0 saturated heterocycles. The van der Waals surface area contributed by atoms with E-state index in [0.29, 0.717) is 21.9 Å². The van der Waals surface area contributed by atoms with Gasteiger partial charge in [0.25, 0.3) is 0 Å². The fourth-order valence-corrected chi connectivity index (χ4v) is 2.71. The molecule has 0 aliphatic carbocycles. The summed E-state index contributed by atoms with van der Waals surface area (Å²) in [7, 11) is 0. The highest BCUT2D eigenvalue weighted by Crippen LogP contribution is 2.32. The predicted molar refractivity (Wildman–Crippen MR) is 81.4 cm³/mol. The molecule has 3 aromatic rings. The molecular weight excluding hydrogens is 345 g/mol. The Hall–Kier alpha value is -1.36. The maximum absolute atomic E-state index is 13.9. The minimum Gasteiger partial charge on any atom is -0.457 e. The molecule has 102 valence electrons. The topological polar surface area (TPSA) is 39.2 Å². The molecule has 0 aliphatic heterocycles. The van der Waals surface area contributed by atoms with Crippen LogP contribution >= 0.6 is 27.5 Å². The van der Waals surface area contributed by atoms with Crippen LogP contribution < -0.4 is 5.73 Å². The van der Waals surface area contributed by atoms with Gasteiger partial charge in [0.2, 0.25) is 0 Å². The average Bonchev–Trinajstić information content (AvgIpc) is 2.86. The van der Waals surface area contributed by atoms with Gasteiger partial charge in [-0.3, -0.25) is 0 Å². The normalized spacial score (nSPS) is 12.8. The largest absolute Gasteiger partial charge is 0.457 e. The third kappa shape index (κ3) is 2.35. The van der Waals surface area contributed by atoms with Crippen LogP contribution in [0.2, 0.25) is 5.02 Å². The molecule has 2 aromatic carbocycles. The molecule has 0 fully saturated rings. The highest BCUT2D eigenvalue weighted by molar-refractivity contribution is 9.10. The minimum absolute atomic E-state index is 0.368. The van der Waals surface area contributed by atoms with Crippen LogP contribution in [0.5, 0.6) is 0 Å². The van der Waals surface area contributed by atoms with Gasteiger partial charge in [0.05, 0.1) is 11.1 Å². The third-order valence-corrected chi connectivity index (χ3v) is 3.91. The van der Waals surface area contributed by atoms with E-state index in [9.17, 15) is 4.39 Å². The molecule has 1 unspecified atom stereocenters. The molecule has 1 heterocycles. The molecular formula is C15H10BrClFNO. The highest BCUT2D eigenvalue weighted by atomic mass is 79.9. The SMILES string of the molecule is NC(c1cc2cccc(Cl)c2o1)c1cc(Br)ccc1F. The summed E-state index contributed by atoms with van der Waals surface area (Å²) < 4.78 is 20.3. The van der Waals surface area contributed by atoms with Crippen molar-refractivity contribution in [3.8, 4) is 0 Å². The molecule has 2 N–H and O–H groups in total. The van der Waals surface area contributed by atoms with Gasteiger partial charge < -0.3 is 10.2 Å². The summed E-state index contributed by atoms with van der Waals surface area (Å²) in [6, 6.07) is 11.2. The number of benzene rings is 2. The zero-order valence-corrected chi connectivity index (χ0v) is 12.6. The second-order valence-electron chi connectivity index (χ2n) is 4.45.